The van der Waals surface area contributed by atoms with Gasteiger partial charge in [-0.3, -0.25) is 0 Å². The number of rotatable bonds is 5. The van der Waals surface area contributed by atoms with Crippen LogP contribution in [0.4, 0.5) is 0 Å². The molecule has 2 aromatic rings. The standard InChI is InChI=1S/C18H25NS/c1-6-19-17(18-13(4)11-14(5)20-18)16-9-7-15(8-10-16)12(2)3/h7-12,17,19H,6H2,1-5H3. The zero-order chi connectivity index (χ0) is 14.7. The van der Waals surface area contributed by atoms with Crippen molar-refractivity contribution in [3.63, 3.8) is 0 Å². The van der Waals surface area contributed by atoms with E-state index in [1.165, 1.54) is 26.4 Å². The van der Waals surface area contributed by atoms with E-state index in [1.54, 1.807) is 0 Å². The summed E-state index contributed by atoms with van der Waals surface area (Å²) in [7, 11) is 0. The van der Waals surface area contributed by atoms with Crippen LogP contribution in [0.3, 0.4) is 0 Å². The zero-order valence-corrected chi connectivity index (χ0v) is 14.0. The molecule has 1 atom stereocenters. The lowest BCUT2D eigenvalue weighted by molar-refractivity contribution is 0.637. The molecule has 1 N–H and O–H groups in total. The zero-order valence-electron chi connectivity index (χ0n) is 13.2. The van der Waals surface area contributed by atoms with Gasteiger partial charge in [0.2, 0.25) is 0 Å². The van der Waals surface area contributed by atoms with Crippen LogP contribution in [0, 0.1) is 13.8 Å². The van der Waals surface area contributed by atoms with E-state index in [2.05, 4.69) is 70.3 Å². The van der Waals surface area contributed by atoms with Gasteiger partial charge in [-0.2, -0.15) is 0 Å². The first-order chi connectivity index (χ1) is 9.52. The largest absolute Gasteiger partial charge is 0.306 e. The van der Waals surface area contributed by atoms with Crippen molar-refractivity contribution in [3.8, 4) is 0 Å². The van der Waals surface area contributed by atoms with E-state index < -0.39 is 0 Å². The summed E-state index contributed by atoms with van der Waals surface area (Å²) in [5.41, 5.74) is 4.16. The molecule has 0 aliphatic heterocycles. The Morgan fingerprint density at radius 2 is 1.65 bits per heavy atom. The summed E-state index contributed by atoms with van der Waals surface area (Å²) >= 11 is 1.91. The van der Waals surface area contributed by atoms with Crippen LogP contribution in [-0.2, 0) is 0 Å². The van der Waals surface area contributed by atoms with Crippen LogP contribution in [0.2, 0.25) is 0 Å². The second-order valence-electron chi connectivity index (χ2n) is 5.72. The maximum atomic E-state index is 3.63. The normalized spacial score (nSPS) is 12.9. The molecule has 1 aromatic carbocycles. The van der Waals surface area contributed by atoms with Crippen LogP contribution >= 0.6 is 11.3 Å². The number of benzene rings is 1. The third kappa shape index (κ3) is 3.31. The Hall–Kier alpha value is -1.12. The second kappa shape index (κ2) is 6.55. The minimum absolute atomic E-state index is 0.319. The van der Waals surface area contributed by atoms with Crippen molar-refractivity contribution >= 4 is 11.3 Å². The lowest BCUT2D eigenvalue weighted by Gasteiger charge is -2.19. The molecule has 0 aliphatic rings. The minimum Gasteiger partial charge on any atom is -0.306 e. The third-order valence-corrected chi connectivity index (χ3v) is 4.90. The van der Waals surface area contributed by atoms with Gasteiger partial charge in [-0.05, 0) is 49.1 Å². The Morgan fingerprint density at radius 1 is 1.05 bits per heavy atom. The van der Waals surface area contributed by atoms with Crippen LogP contribution in [0.15, 0.2) is 30.3 Å². The van der Waals surface area contributed by atoms with Crippen molar-refractivity contribution in [1.29, 1.82) is 0 Å². The molecule has 1 heterocycles. The monoisotopic (exact) mass is 287 g/mol. The highest BCUT2D eigenvalue weighted by molar-refractivity contribution is 7.12. The topological polar surface area (TPSA) is 12.0 Å². The van der Waals surface area contributed by atoms with Crippen molar-refractivity contribution in [2.24, 2.45) is 0 Å². The summed E-state index contributed by atoms with van der Waals surface area (Å²) in [5.74, 6) is 0.590. The van der Waals surface area contributed by atoms with Crippen LogP contribution < -0.4 is 5.32 Å². The molecule has 0 radical (unpaired) electrons. The molecule has 0 saturated carbocycles. The van der Waals surface area contributed by atoms with Crippen LogP contribution in [0.25, 0.3) is 0 Å². The number of hydrogen-bond acceptors (Lipinski definition) is 2. The van der Waals surface area contributed by atoms with E-state index in [1.807, 2.05) is 11.3 Å². The first-order valence-electron chi connectivity index (χ1n) is 7.43. The van der Waals surface area contributed by atoms with Crippen LogP contribution in [0.1, 0.15) is 59.2 Å². The van der Waals surface area contributed by atoms with Gasteiger partial charge in [-0.1, -0.05) is 45.0 Å². The molecule has 1 nitrogen and oxygen atoms in total. The van der Waals surface area contributed by atoms with Gasteiger partial charge >= 0.3 is 0 Å². The van der Waals surface area contributed by atoms with Crippen LogP contribution in [0.5, 0.6) is 0 Å². The fraction of sp³-hybridized carbons (Fsp3) is 0.444. The molecule has 1 aromatic heterocycles. The smallest absolute Gasteiger partial charge is 0.0673 e. The Balaban J connectivity index is 2.35. The molecule has 108 valence electrons. The number of aryl methyl sites for hydroxylation is 2. The van der Waals surface area contributed by atoms with Crippen molar-refractivity contribution in [3.05, 3.63) is 56.8 Å². The third-order valence-electron chi connectivity index (χ3n) is 3.69. The first-order valence-corrected chi connectivity index (χ1v) is 8.24. The summed E-state index contributed by atoms with van der Waals surface area (Å²) in [6, 6.07) is 11.7. The summed E-state index contributed by atoms with van der Waals surface area (Å²) in [4.78, 5) is 2.83. The van der Waals surface area contributed by atoms with Crippen molar-refractivity contribution in [2.75, 3.05) is 6.54 Å². The molecule has 0 bridgehead atoms. The van der Waals surface area contributed by atoms with E-state index >= 15 is 0 Å². The molecular weight excluding hydrogens is 262 g/mol. The van der Waals surface area contributed by atoms with Gasteiger partial charge in [-0.25, -0.2) is 0 Å². The molecule has 0 spiro atoms. The van der Waals surface area contributed by atoms with Gasteiger partial charge in [-0.15, -0.1) is 11.3 Å². The number of hydrogen-bond donors (Lipinski definition) is 1. The Morgan fingerprint density at radius 3 is 2.10 bits per heavy atom. The van der Waals surface area contributed by atoms with E-state index in [0.717, 1.165) is 6.54 Å². The Bertz CT molecular complexity index is 551. The quantitative estimate of drug-likeness (QED) is 0.798. The predicted octanol–water partition coefficient (Wildman–Crippen LogP) is 5.19. The van der Waals surface area contributed by atoms with E-state index in [0.29, 0.717) is 12.0 Å². The average Bonchev–Trinajstić information content (AvgIpc) is 2.75. The lowest BCUT2D eigenvalue weighted by Crippen LogP contribution is -2.21. The fourth-order valence-electron chi connectivity index (χ4n) is 2.59. The Kier molecular flexibility index (Phi) is 5.00. The highest BCUT2D eigenvalue weighted by Gasteiger charge is 2.17. The SMILES string of the molecule is CCNC(c1ccc(C(C)C)cc1)c1sc(C)cc1C. The van der Waals surface area contributed by atoms with Crippen molar-refractivity contribution < 1.29 is 0 Å². The highest BCUT2D eigenvalue weighted by Crippen LogP contribution is 2.32. The number of nitrogens with one attached hydrogen (secondary N) is 1. The fourth-order valence-corrected chi connectivity index (χ4v) is 3.73. The lowest BCUT2D eigenvalue weighted by atomic mass is 9.97. The highest BCUT2D eigenvalue weighted by atomic mass is 32.1. The molecule has 0 fully saturated rings. The molecule has 2 rings (SSSR count). The molecule has 1 unspecified atom stereocenters. The molecule has 0 aliphatic carbocycles. The maximum Gasteiger partial charge on any atom is 0.0673 e. The van der Waals surface area contributed by atoms with Gasteiger partial charge in [0.15, 0.2) is 0 Å². The van der Waals surface area contributed by atoms with Gasteiger partial charge in [0.05, 0.1) is 6.04 Å². The maximum absolute atomic E-state index is 3.63. The van der Waals surface area contributed by atoms with Gasteiger partial charge in [0.25, 0.3) is 0 Å². The molecule has 2 heteroatoms. The average molecular weight is 287 g/mol. The molecular formula is C18H25NS. The molecule has 0 amide bonds. The van der Waals surface area contributed by atoms with Crippen molar-refractivity contribution in [2.45, 2.75) is 46.6 Å². The van der Waals surface area contributed by atoms with E-state index in [-0.39, 0.29) is 0 Å². The van der Waals surface area contributed by atoms with Gasteiger partial charge < -0.3 is 5.32 Å². The van der Waals surface area contributed by atoms with Crippen molar-refractivity contribution in [1.82, 2.24) is 5.32 Å². The van der Waals surface area contributed by atoms with Gasteiger partial charge in [0.1, 0.15) is 0 Å². The van der Waals surface area contributed by atoms with Gasteiger partial charge in [0, 0.05) is 9.75 Å². The summed E-state index contributed by atoms with van der Waals surface area (Å²) in [5, 5.41) is 3.63. The van der Waals surface area contributed by atoms with Crippen LogP contribution in [-0.4, -0.2) is 6.54 Å². The summed E-state index contributed by atoms with van der Waals surface area (Å²) in [6.07, 6.45) is 0. The van der Waals surface area contributed by atoms with E-state index in [9.17, 15) is 0 Å². The molecule has 0 saturated heterocycles. The summed E-state index contributed by atoms with van der Waals surface area (Å²) in [6.45, 7) is 12.0. The predicted molar refractivity (Wildman–Crippen MR) is 89.8 cm³/mol. The van der Waals surface area contributed by atoms with E-state index in [4.69, 9.17) is 0 Å². The second-order valence-corrected chi connectivity index (χ2v) is 7.00. The molecule has 20 heavy (non-hydrogen) atoms. The summed E-state index contributed by atoms with van der Waals surface area (Å²) < 4.78 is 0. The Labute approximate surface area is 127 Å². The minimum atomic E-state index is 0.319. The number of thiophene rings is 1. The first kappa shape index (κ1) is 15.3.